The monoisotopic (exact) mass is 419 g/mol. The Morgan fingerprint density at radius 1 is 1.32 bits per heavy atom. The van der Waals surface area contributed by atoms with Gasteiger partial charge in [-0.2, -0.15) is 0 Å². The summed E-state index contributed by atoms with van der Waals surface area (Å²) in [5.41, 5.74) is 0.273. The second-order valence-electron chi connectivity index (χ2n) is 5.56. The van der Waals surface area contributed by atoms with Crippen LogP contribution in [0.15, 0.2) is 52.8 Å². The van der Waals surface area contributed by atoms with E-state index in [1.807, 2.05) is 0 Å². The largest absolute Gasteiger partial charge is 0.495 e. The number of carbonyl (C=O) groups excluding carboxylic acids is 1. The minimum atomic E-state index is -0.546. The number of hydrogen-bond acceptors (Lipinski definition) is 7. The molecule has 0 spiro atoms. The van der Waals surface area contributed by atoms with Crippen molar-refractivity contribution in [2.45, 2.75) is 10.1 Å². The first-order chi connectivity index (χ1) is 13.4. The molecular formula is C17H14ClN5O4S. The Kier molecular flexibility index (Phi) is 5.81. The molecule has 0 radical (unpaired) electrons. The van der Waals surface area contributed by atoms with Gasteiger partial charge >= 0.3 is 0 Å². The van der Waals surface area contributed by atoms with Crippen molar-refractivity contribution in [1.82, 2.24) is 14.8 Å². The summed E-state index contributed by atoms with van der Waals surface area (Å²) < 4.78 is 6.83. The van der Waals surface area contributed by atoms with Gasteiger partial charge in [-0.05, 0) is 42.1 Å². The number of anilines is 1. The molecule has 9 nitrogen and oxygen atoms in total. The van der Waals surface area contributed by atoms with Crippen LogP contribution in [0, 0.1) is 10.1 Å². The number of nitrogens with zero attached hydrogens (tertiary/aromatic N) is 4. The van der Waals surface area contributed by atoms with Gasteiger partial charge in [0.05, 0.1) is 22.6 Å². The number of hydrogen-bond donors (Lipinski definition) is 1. The van der Waals surface area contributed by atoms with Gasteiger partial charge < -0.3 is 14.6 Å². The van der Waals surface area contributed by atoms with Crippen molar-refractivity contribution in [3.63, 3.8) is 0 Å². The number of nitro benzene ring substituents is 1. The molecule has 1 amide bonds. The Labute approximate surface area is 168 Å². The van der Waals surface area contributed by atoms with Crippen LogP contribution < -0.4 is 10.1 Å². The lowest BCUT2D eigenvalue weighted by Gasteiger charge is -2.11. The van der Waals surface area contributed by atoms with Crippen LogP contribution in [0.2, 0.25) is 5.02 Å². The number of ether oxygens (including phenoxy) is 1. The molecule has 0 saturated heterocycles. The number of amides is 1. The Balaban J connectivity index is 1.89. The van der Waals surface area contributed by atoms with E-state index < -0.39 is 10.8 Å². The van der Waals surface area contributed by atoms with Gasteiger partial charge in [-0.25, -0.2) is 0 Å². The van der Waals surface area contributed by atoms with Crippen molar-refractivity contribution < 1.29 is 14.5 Å². The van der Waals surface area contributed by atoms with Crippen LogP contribution in [0.4, 0.5) is 11.4 Å². The minimum Gasteiger partial charge on any atom is -0.495 e. The predicted octanol–water partition coefficient (Wildman–Crippen LogP) is 3.79. The first-order valence-corrected chi connectivity index (χ1v) is 9.03. The fourth-order valence-electron chi connectivity index (χ4n) is 2.32. The summed E-state index contributed by atoms with van der Waals surface area (Å²) in [5, 5.41) is 22.7. The normalized spacial score (nSPS) is 10.5. The number of methoxy groups -OCH3 is 1. The second kappa shape index (κ2) is 8.28. The number of aryl methyl sites for hydroxylation is 1. The fourth-order valence-corrected chi connectivity index (χ4v) is 3.35. The Bertz CT molecular complexity index is 1060. The summed E-state index contributed by atoms with van der Waals surface area (Å²) in [6.07, 6.45) is 1.49. The van der Waals surface area contributed by atoms with Crippen LogP contribution in [0.25, 0.3) is 0 Å². The number of nitrogens with one attached hydrogen (secondary N) is 1. The molecule has 0 aliphatic carbocycles. The van der Waals surface area contributed by atoms with Crippen molar-refractivity contribution in [1.29, 1.82) is 0 Å². The average Bonchev–Trinajstić information content (AvgIpc) is 3.06. The smallest absolute Gasteiger partial charge is 0.284 e. The highest BCUT2D eigenvalue weighted by Crippen LogP contribution is 2.34. The summed E-state index contributed by atoms with van der Waals surface area (Å²) in [4.78, 5) is 23.9. The summed E-state index contributed by atoms with van der Waals surface area (Å²) >= 11 is 7.05. The number of benzene rings is 2. The second-order valence-corrected chi connectivity index (χ2v) is 7.01. The number of rotatable bonds is 6. The molecule has 0 unspecified atom stereocenters. The lowest BCUT2D eigenvalue weighted by atomic mass is 10.2. The Morgan fingerprint density at radius 2 is 2.11 bits per heavy atom. The molecule has 28 heavy (non-hydrogen) atoms. The van der Waals surface area contributed by atoms with Crippen molar-refractivity contribution in [2.24, 2.45) is 7.05 Å². The molecule has 1 aromatic heterocycles. The van der Waals surface area contributed by atoms with E-state index in [0.29, 0.717) is 26.5 Å². The maximum atomic E-state index is 12.6. The average molecular weight is 420 g/mol. The van der Waals surface area contributed by atoms with Gasteiger partial charge in [-0.1, -0.05) is 11.6 Å². The van der Waals surface area contributed by atoms with Crippen molar-refractivity contribution in [2.75, 3.05) is 12.4 Å². The molecule has 11 heteroatoms. The topological polar surface area (TPSA) is 112 Å². The van der Waals surface area contributed by atoms with Crippen LogP contribution in [-0.2, 0) is 7.05 Å². The van der Waals surface area contributed by atoms with E-state index >= 15 is 0 Å². The van der Waals surface area contributed by atoms with E-state index in [-0.39, 0.29) is 11.3 Å². The Morgan fingerprint density at radius 3 is 2.75 bits per heavy atom. The SMILES string of the molecule is COc1ccc(Cl)cc1NC(=O)c1ccc(Sc2nncn2C)c([N+](=O)[O-])c1. The van der Waals surface area contributed by atoms with E-state index in [0.717, 1.165) is 11.8 Å². The number of aromatic nitrogens is 3. The zero-order chi connectivity index (χ0) is 20.3. The molecule has 0 bridgehead atoms. The number of halogens is 1. The standard InChI is InChI=1S/C17H14ClN5O4S/c1-22-9-19-21-17(22)28-15-6-3-10(7-13(15)23(25)26)16(24)20-12-8-11(18)4-5-14(12)27-2/h3-9H,1-2H3,(H,20,24). The Hall–Kier alpha value is -3.11. The molecule has 0 aliphatic rings. The molecule has 1 N–H and O–H groups in total. The van der Waals surface area contributed by atoms with Crippen molar-refractivity contribution >= 4 is 40.6 Å². The highest BCUT2D eigenvalue weighted by atomic mass is 35.5. The number of nitro groups is 1. The maximum absolute atomic E-state index is 12.6. The summed E-state index contributed by atoms with van der Waals surface area (Å²) in [6, 6.07) is 8.98. The van der Waals surface area contributed by atoms with E-state index in [9.17, 15) is 14.9 Å². The van der Waals surface area contributed by atoms with E-state index in [1.165, 1.54) is 37.7 Å². The van der Waals surface area contributed by atoms with Crippen LogP contribution in [0.3, 0.4) is 0 Å². The van der Waals surface area contributed by atoms with Crippen molar-refractivity contribution in [3.8, 4) is 5.75 Å². The van der Waals surface area contributed by atoms with E-state index in [1.54, 1.807) is 23.7 Å². The van der Waals surface area contributed by atoms with Crippen molar-refractivity contribution in [3.05, 3.63) is 63.4 Å². The molecule has 144 valence electrons. The minimum absolute atomic E-state index is 0.121. The van der Waals surface area contributed by atoms with Gasteiger partial charge in [0.15, 0.2) is 5.16 Å². The van der Waals surface area contributed by atoms with Gasteiger partial charge in [0.2, 0.25) is 0 Å². The first kappa shape index (κ1) is 19.6. The summed E-state index contributed by atoms with van der Waals surface area (Å²) in [6.45, 7) is 0. The molecule has 0 saturated carbocycles. The molecular weight excluding hydrogens is 406 g/mol. The first-order valence-electron chi connectivity index (χ1n) is 7.84. The summed E-state index contributed by atoms with van der Waals surface area (Å²) in [7, 11) is 3.19. The lowest BCUT2D eigenvalue weighted by molar-refractivity contribution is -0.387. The van der Waals surface area contributed by atoms with Crippen LogP contribution >= 0.6 is 23.4 Å². The number of carbonyl (C=O) groups is 1. The van der Waals surface area contributed by atoms with E-state index in [2.05, 4.69) is 15.5 Å². The zero-order valence-electron chi connectivity index (χ0n) is 14.7. The van der Waals surface area contributed by atoms with Crippen LogP contribution in [0.5, 0.6) is 5.75 Å². The van der Waals surface area contributed by atoms with Gasteiger partial charge in [-0.15, -0.1) is 10.2 Å². The van der Waals surface area contributed by atoms with Crippen LogP contribution in [-0.4, -0.2) is 32.7 Å². The molecule has 0 aliphatic heterocycles. The van der Waals surface area contributed by atoms with Gasteiger partial charge in [0.25, 0.3) is 11.6 Å². The maximum Gasteiger partial charge on any atom is 0.284 e. The fraction of sp³-hybridized carbons (Fsp3) is 0.118. The highest BCUT2D eigenvalue weighted by Gasteiger charge is 2.20. The predicted molar refractivity (Wildman–Crippen MR) is 104 cm³/mol. The third-order valence-corrected chi connectivity index (χ3v) is 5.05. The van der Waals surface area contributed by atoms with Gasteiger partial charge in [0, 0.05) is 23.7 Å². The molecule has 3 aromatic rings. The quantitative estimate of drug-likeness (QED) is 0.477. The molecule has 3 rings (SSSR count). The van der Waals surface area contributed by atoms with Gasteiger partial charge in [0.1, 0.15) is 12.1 Å². The molecule has 2 aromatic carbocycles. The third kappa shape index (κ3) is 4.24. The third-order valence-electron chi connectivity index (χ3n) is 3.70. The summed E-state index contributed by atoms with van der Waals surface area (Å²) in [5.74, 6) is -0.111. The molecule has 0 atom stereocenters. The molecule has 0 fully saturated rings. The highest BCUT2D eigenvalue weighted by molar-refractivity contribution is 7.99. The lowest BCUT2D eigenvalue weighted by Crippen LogP contribution is -2.13. The van der Waals surface area contributed by atoms with Gasteiger partial charge in [-0.3, -0.25) is 14.9 Å². The molecule has 1 heterocycles. The van der Waals surface area contributed by atoms with Crippen LogP contribution in [0.1, 0.15) is 10.4 Å². The van der Waals surface area contributed by atoms with E-state index in [4.69, 9.17) is 16.3 Å². The zero-order valence-corrected chi connectivity index (χ0v) is 16.3.